The van der Waals surface area contributed by atoms with E-state index in [1.165, 1.54) is 0 Å². The van der Waals surface area contributed by atoms with Crippen molar-refractivity contribution < 1.29 is 4.79 Å². The van der Waals surface area contributed by atoms with Gasteiger partial charge in [-0.25, -0.2) is 0 Å². The topological polar surface area (TPSA) is 29.1 Å². The molecule has 17 heavy (non-hydrogen) atoms. The maximum absolute atomic E-state index is 12.0. The Morgan fingerprint density at radius 1 is 1.41 bits per heavy atom. The Balaban J connectivity index is 2.56. The molecule has 0 saturated carbocycles. The van der Waals surface area contributed by atoms with E-state index >= 15 is 0 Å². The summed E-state index contributed by atoms with van der Waals surface area (Å²) in [6.45, 7) is 6.86. The van der Waals surface area contributed by atoms with E-state index in [2.05, 4.69) is 28.2 Å². The molecule has 0 aliphatic heterocycles. The molecule has 94 valence electrons. The highest BCUT2D eigenvalue weighted by molar-refractivity contribution is 9.09. The summed E-state index contributed by atoms with van der Waals surface area (Å²) in [5, 5.41) is 2.96. The van der Waals surface area contributed by atoms with Gasteiger partial charge in [-0.15, -0.1) is 0 Å². The van der Waals surface area contributed by atoms with Crippen molar-refractivity contribution in [3.05, 3.63) is 34.9 Å². The molecule has 2 nitrogen and oxygen atoms in total. The molecular formula is C14H20BrNO. The molecule has 0 radical (unpaired) electrons. The molecule has 0 fully saturated rings. The quantitative estimate of drug-likeness (QED) is 0.827. The Kier molecular flexibility index (Phi) is 5.69. The molecule has 0 saturated heterocycles. The molecule has 1 amide bonds. The van der Waals surface area contributed by atoms with Crippen molar-refractivity contribution in [2.24, 2.45) is 0 Å². The van der Waals surface area contributed by atoms with E-state index in [9.17, 15) is 4.79 Å². The summed E-state index contributed by atoms with van der Waals surface area (Å²) in [5.41, 5.74) is 3.01. The monoisotopic (exact) mass is 297 g/mol. The van der Waals surface area contributed by atoms with Gasteiger partial charge in [0.2, 0.25) is 0 Å². The van der Waals surface area contributed by atoms with Crippen LogP contribution in [0.25, 0.3) is 0 Å². The standard InChI is InChI=1S/C14H20BrNO/c1-4-12(15)8-9-16-14(17)13-7-5-6-10(2)11(13)3/h5-7,12H,4,8-9H2,1-3H3,(H,16,17). The van der Waals surface area contributed by atoms with Gasteiger partial charge in [-0.2, -0.15) is 0 Å². The number of aryl methyl sites for hydroxylation is 1. The second-order valence-electron chi connectivity index (χ2n) is 4.30. The number of carbonyl (C=O) groups is 1. The Hall–Kier alpha value is -0.830. The molecule has 1 N–H and O–H groups in total. The van der Waals surface area contributed by atoms with Crippen LogP contribution < -0.4 is 5.32 Å². The second-order valence-corrected chi connectivity index (χ2v) is 5.59. The van der Waals surface area contributed by atoms with E-state index in [0.717, 1.165) is 36.1 Å². The first-order valence-electron chi connectivity index (χ1n) is 6.04. The zero-order chi connectivity index (χ0) is 12.8. The van der Waals surface area contributed by atoms with E-state index < -0.39 is 0 Å². The van der Waals surface area contributed by atoms with Crippen LogP contribution in [-0.2, 0) is 0 Å². The van der Waals surface area contributed by atoms with Crippen molar-refractivity contribution in [2.75, 3.05) is 6.54 Å². The van der Waals surface area contributed by atoms with Crippen LogP contribution in [0.1, 0.15) is 41.3 Å². The minimum absolute atomic E-state index is 0.0296. The van der Waals surface area contributed by atoms with Gasteiger partial charge in [0.15, 0.2) is 0 Å². The van der Waals surface area contributed by atoms with Crippen LogP contribution in [0.5, 0.6) is 0 Å². The normalized spacial score (nSPS) is 12.2. The summed E-state index contributed by atoms with van der Waals surface area (Å²) in [6.07, 6.45) is 2.05. The van der Waals surface area contributed by atoms with Crippen LogP contribution >= 0.6 is 15.9 Å². The molecule has 1 atom stereocenters. The molecule has 0 aromatic heterocycles. The zero-order valence-electron chi connectivity index (χ0n) is 10.7. The maximum Gasteiger partial charge on any atom is 0.251 e. The van der Waals surface area contributed by atoms with Gasteiger partial charge in [-0.3, -0.25) is 4.79 Å². The van der Waals surface area contributed by atoms with E-state index in [-0.39, 0.29) is 5.91 Å². The molecule has 0 heterocycles. The molecule has 0 aliphatic rings. The van der Waals surface area contributed by atoms with E-state index in [4.69, 9.17) is 0 Å². The molecule has 1 rings (SSSR count). The smallest absolute Gasteiger partial charge is 0.251 e. The van der Waals surface area contributed by atoms with Crippen molar-refractivity contribution in [1.29, 1.82) is 0 Å². The lowest BCUT2D eigenvalue weighted by Crippen LogP contribution is -2.26. The Labute approximate surface area is 112 Å². The van der Waals surface area contributed by atoms with Crippen LogP contribution in [0.3, 0.4) is 0 Å². The molecule has 1 unspecified atom stereocenters. The Bertz CT molecular complexity index is 390. The average Bonchev–Trinajstić information content (AvgIpc) is 2.32. The number of hydrogen-bond donors (Lipinski definition) is 1. The number of halogens is 1. The maximum atomic E-state index is 12.0. The first kappa shape index (κ1) is 14.2. The molecular weight excluding hydrogens is 278 g/mol. The average molecular weight is 298 g/mol. The lowest BCUT2D eigenvalue weighted by molar-refractivity contribution is 0.0952. The number of benzene rings is 1. The number of rotatable bonds is 5. The number of amides is 1. The molecule has 0 bridgehead atoms. The highest BCUT2D eigenvalue weighted by Gasteiger charge is 2.09. The number of alkyl halides is 1. The predicted octanol–water partition coefficient (Wildman–Crippen LogP) is 3.60. The van der Waals surface area contributed by atoms with Gasteiger partial charge in [-0.1, -0.05) is 35.0 Å². The minimum atomic E-state index is 0.0296. The first-order valence-corrected chi connectivity index (χ1v) is 6.96. The predicted molar refractivity (Wildman–Crippen MR) is 75.9 cm³/mol. The zero-order valence-corrected chi connectivity index (χ0v) is 12.3. The largest absolute Gasteiger partial charge is 0.352 e. The van der Waals surface area contributed by atoms with Crippen molar-refractivity contribution in [2.45, 2.75) is 38.4 Å². The van der Waals surface area contributed by atoms with Crippen molar-refractivity contribution in [1.82, 2.24) is 5.32 Å². The third-order valence-corrected chi connectivity index (χ3v) is 4.14. The van der Waals surface area contributed by atoms with E-state index in [0.29, 0.717) is 4.83 Å². The van der Waals surface area contributed by atoms with Gasteiger partial charge in [0.05, 0.1) is 0 Å². The molecule has 3 heteroatoms. The highest BCUT2D eigenvalue weighted by atomic mass is 79.9. The van der Waals surface area contributed by atoms with Gasteiger partial charge in [0.1, 0.15) is 0 Å². The Morgan fingerprint density at radius 2 is 2.12 bits per heavy atom. The summed E-state index contributed by atoms with van der Waals surface area (Å²) in [6, 6.07) is 5.83. The number of hydrogen-bond acceptors (Lipinski definition) is 1. The molecule has 0 aliphatic carbocycles. The van der Waals surface area contributed by atoms with Crippen LogP contribution in [0.15, 0.2) is 18.2 Å². The lowest BCUT2D eigenvalue weighted by atomic mass is 10.0. The molecule has 1 aromatic rings. The summed E-state index contributed by atoms with van der Waals surface area (Å²) in [4.78, 5) is 12.4. The van der Waals surface area contributed by atoms with Gasteiger partial charge >= 0.3 is 0 Å². The van der Waals surface area contributed by atoms with Crippen LogP contribution in [-0.4, -0.2) is 17.3 Å². The van der Waals surface area contributed by atoms with Gasteiger partial charge in [0, 0.05) is 16.9 Å². The molecule has 0 spiro atoms. The minimum Gasteiger partial charge on any atom is -0.352 e. The third-order valence-electron chi connectivity index (χ3n) is 3.04. The van der Waals surface area contributed by atoms with Crippen molar-refractivity contribution in [3.63, 3.8) is 0 Å². The van der Waals surface area contributed by atoms with E-state index in [1.807, 2.05) is 32.0 Å². The van der Waals surface area contributed by atoms with Crippen LogP contribution in [0, 0.1) is 13.8 Å². The number of nitrogens with one attached hydrogen (secondary N) is 1. The Morgan fingerprint density at radius 3 is 2.76 bits per heavy atom. The summed E-state index contributed by atoms with van der Waals surface area (Å²) in [7, 11) is 0. The van der Waals surface area contributed by atoms with Gasteiger partial charge in [0.25, 0.3) is 5.91 Å². The fourth-order valence-electron chi connectivity index (χ4n) is 1.64. The third kappa shape index (κ3) is 4.15. The summed E-state index contributed by atoms with van der Waals surface area (Å²) >= 11 is 3.56. The van der Waals surface area contributed by atoms with Crippen molar-refractivity contribution >= 4 is 21.8 Å². The van der Waals surface area contributed by atoms with Gasteiger partial charge < -0.3 is 5.32 Å². The lowest BCUT2D eigenvalue weighted by Gasteiger charge is -2.11. The first-order chi connectivity index (χ1) is 8.06. The van der Waals surface area contributed by atoms with E-state index in [1.54, 1.807) is 0 Å². The van der Waals surface area contributed by atoms with Gasteiger partial charge in [-0.05, 0) is 43.9 Å². The fraction of sp³-hybridized carbons (Fsp3) is 0.500. The van der Waals surface area contributed by atoms with Crippen molar-refractivity contribution in [3.8, 4) is 0 Å². The summed E-state index contributed by atoms with van der Waals surface area (Å²) < 4.78 is 0. The fourth-order valence-corrected chi connectivity index (χ4v) is 1.87. The summed E-state index contributed by atoms with van der Waals surface area (Å²) in [5.74, 6) is 0.0296. The van der Waals surface area contributed by atoms with Crippen LogP contribution in [0.4, 0.5) is 0 Å². The second kappa shape index (κ2) is 6.80. The highest BCUT2D eigenvalue weighted by Crippen LogP contribution is 2.13. The SMILES string of the molecule is CCC(Br)CCNC(=O)c1cccc(C)c1C. The number of carbonyl (C=O) groups excluding carboxylic acids is 1. The van der Waals surface area contributed by atoms with Crippen LogP contribution in [0.2, 0.25) is 0 Å². The molecule has 1 aromatic carbocycles.